The van der Waals surface area contributed by atoms with Crippen LogP contribution < -0.4 is 19.9 Å². The fourth-order valence-electron chi connectivity index (χ4n) is 4.00. The van der Waals surface area contributed by atoms with Crippen LogP contribution >= 0.6 is 0 Å². The number of para-hydroxylation sites is 1. The number of carbonyl (C=O) groups is 1. The molecule has 1 aliphatic rings. The molecule has 2 heterocycles. The molecule has 3 aromatic rings. The van der Waals surface area contributed by atoms with Crippen LogP contribution in [-0.4, -0.2) is 60.0 Å². The SMILES string of the molecule is CCOc1ccc(CC(=O)N2CCN(c3ccc(=O)n(-c4ccccc4)n3)CC2)cc1OCC. The third-order valence-corrected chi connectivity index (χ3v) is 5.71. The summed E-state index contributed by atoms with van der Waals surface area (Å²) in [4.78, 5) is 29.2. The maximum atomic E-state index is 12.9. The highest BCUT2D eigenvalue weighted by Gasteiger charge is 2.23. The predicted octanol–water partition coefficient (Wildman–Crippen LogP) is 2.92. The van der Waals surface area contributed by atoms with Crippen LogP contribution in [0.2, 0.25) is 0 Å². The molecule has 2 aromatic carbocycles. The van der Waals surface area contributed by atoms with E-state index in [1.165, 1.54) is 10.7 Å². The van der Waals surface area contributed by atoms with Gasteiger partial charge in [0.05, 0.1) is 25.3 Å². The average Bonchev–Trinajstić information content (AvgIpc) is 2.87. The summed E-state index contributed by atoms with van der Waals surface area (Å²) >= 11 is 0. The molecule has 34 heavy (non-hydrogen) atoms. The topological polar surface area (TPSA) is 76.9 Å². The van der Waals surface area contributed by atoms with E-state index in [0.29, 0.717) is 57.3 Å². The number of amides is 1. The molecule has 0 N–H and O–H groups in total. The number of ether oxygens (including phenoxy) is 2. The summed E-state index contributed by atoms with van der Waals surface area (Å²) in [5, 5.41) is 4.56. The lowest BCUT2D eigenvalue weighted by Crippen LogP contribution is -2.49. The van der Waals surface area contributed by atoms with Gasteiger partial charge in [-0.3, -0.25) is 9.59 Å². The fraction of sp³-hybridized carbons (Fsp3) is 0.346. The lowest BCUT2D eigenvalue weighted by molar-refractivity contribution is -0.130. The summed E-state index contributed by atoms with van der Waals surface area (Å²) in [6, 6.07) is 18.3. The molecule has 0 spiro atoms. The van der Waals surface area contributed by atoms with E-state index in [2.05, 4.69) is 10.00 Å². The van der Waals surface area contributed by atoms with Crippen LogP contribution in [0.3, 0.4) is 0 Å². The molecular formula is C26H30N4O4. The normalized spacial score (nSPS) is 13.6. The number of nitrogens with zero attached hydrogens (tertiary/aromatic N) is 4. The van der Waals surface area contributed by atoms with Crippen LogP contribution in [0, 0.1) is 0 Å². The van der Waals surface area contributed by atoms with Gasteiger partial charge in [-0.05, 0) is 49.7 Å². The molecule has 0 unspecified atom stereocenters. The molecule has 8 heteroatoms. The Morgan fingerprint density at radius 3 is 2.29 bits per heavy atom. The Bertz CT molecular complexity index is 1170. The minimum absolute atomic E-state index is 0.0773. The molecule has 0 saturated carbocycles. The van der Waals surface area contributed by atoms with Crippen LogP contribution in [0.15, 0.2) is 65.5 Å². The Labute approximate surface area is 199 Å². The molecule has 178 valence electrons. The molecule has 0 atom stereocenters. The second kappa shape index (κ2) is 10.9. The molecule has 0 bridgehead atoms. The summed E-state index contributed by atoms with van der Waals surface area (Å²) in [6.45, 7) is 7.44. The van der Waals surface area contributed by atoms with Crippen LogP contribution in [-0.2, 0) is 11.2 Å². The Hall–Kier alpha value is -3.81. The van der Waals surface area contributed by atoms with Gasteiger partial charge in [-0.25, -0.2) is 0 Å². The van der Waals surface area contributed by atoms with Gasteiger partial charge in [0.15, 0.2) is 11.5 Å². The maximum absolute atomic E-state index is 12.9. The van der Waals surface area contributed by atoms with Crippen molar-refractivity contribution in [3.8, 4) is 17.2 Å². The molecule has 4 rings (SSSR count). The largest absolute Gasteiger partial charge is 0.490 e. The number of anilines is 1. The second-order valence-corrected chi connectivity index (χ2v) is 7.97. The van der Waals surface area contributed by atoms with Gasteiger partial charge in [-0.2, -0.15) is 4.68 Å². The summed E-state index contributed by atoms with van der Waals surface area (Å²) in [5.74, 6) is 2.16. The zero-order valence-electron chi connectivity index (χ0n) is 19.6. The lowest BCUT2D eigenvalue weighted by Gasteiger charge is -2.35. The summed E-state index contributed by atoms with van der Waals surface area (Å²) in [7, 11) is 0. The van der Waals surface area contributed by atoms with Gasteiger partial charge in [-0.1, -0.05) is 24.3 Å². The molecule has 8 nitrogen and oxygen atoms in total. The monoisotopic (exact) mass is 462 g/mol. The van der Waals surface area contributed by atoms with Gasteiger partial charge in [-0.15, -0.1) is 5.10 Å². The third-order valence-electron chi connectivity index (χ3n) is 5.71. The van der Waals surface area contributed by atoms with E-state index < -0.39 is 0 Å². The first-order valence-electron chi connectivity index (χ1n) is 11.7. The Kier molecular flexibility index (Phi) is 7.47. The van der Waals surface area contributed by atoms with Crippen LogP contribution in [0.25, 0.3) is 5.69 Å². The minimum atomic E-state index is -0.175. The van der Waals surface area contributed by atoms with Gasteiger partial charge in [0, 0.05) is 32.2 Å². The number of hydrogen-bond donors (Lipinski definition) is 0. The zero-order valence-corrected chi connectivity index (χ0v) is 19.6. The van der Waals surface area contributed by atoms with Crippen LogP contribution in [0.4, 0.5) is 5.82 Å². The van der Waals surface area contributed by atoms with Crippen molar-refractivity contribution in [3.05, 3.63) is 76.6 Å². The average molecular weight is 463 g/mol. The Balaban J connectivity index is 1.39. The van der Waals surface area contributed by atoms with Crippen molar-refractivity contribution in [2.75, 3.05) is 44.3 Å². The zero-order chi connectivity index (χ0) is 23.9. The van der Waals surface area contributed by atoms with Crippen molar-refractivity contribution >= 4 is 11.7 Å². The van der Waals surface area contributed by atoms with Crippen molar-refractivity contribution in [2.45, 2.75) is 20.3 Å². The third kappa shape index (κ3) is 5.39. The highest BCUT2D eigenvalue weighted by atomic mass is 16.5. The van der Waals surface area contributed by atoms with Gasteiger partial charge >= 0.3 is 0 Å². The molecule has 0 radical (unpaired) electrons. The van der Waals surface area contributed by atoms with Crippen molar-refractivity contribution in [1.29, 1.82) is 0 Å². The van der Waals surface area contributed by atoms with E-state index in [1.807, 2.05) is 67.3 Å². The first-order chi connectivity index (χ1) is 16.6. The maximum Gasteiger partial charge on any atom is 0.271 e. The smallest absolute Gasteiger partial charge is 0.271 e. The minimum Gasteiger partial charge on any atom is -0.490 e. The molecule has 1 aromatic heterocycles. The summed E-state index contributed by atoms with van der Waals surface area (Å²) in [5.41, 5.74) is 1.45. The van der Waals surface area contributed by atoms with E-state index in [9.17, 15) is 9.59 Å². The number of rotatable bonds is 8. The molecule has 0 aliphatic carbocycles. The molecule has 1 saturated heterocycles. The van der Waals surface area contributed by atoms with Crippen LogP contribution in [0.1, 0.15) is 19.4 Å². The number of piperazine rings is 1. The van der Waals surface area contributed by atoms with E-state index >= 15 is 0 Å². The highest BCUT2D eigenvalue weighted by molar-refractivity contribution is 5.79. The number of aromatic nitrogens is 2. The van der Waals surface area contributed by atoms with Gasteiger partial charge in [0.25, 0.3) is 5.56 Å². The number of carbonyl (C=O) groups excluding carboxylic acids is 1. The molecule has 1 amide bonds. The van der Waals surface area contributed by atoms with Gasteiger partial charge in [0.2, 0.25) is 5.91 Å². The van der Waals surface area contributed by atoms with Crippen molar-refractivity contribution in [3.63, 3.8) is 0 Å². The Morgan fingerprint density at radius 2 is 1.59 bits per heavy atom. The summed E-state index contributed by atoms with van der Waals surface area (Å²) < 4.78 is 12.7. The second-order valence-electron chi connectivity index (χ2n) is 7.97. The molecule has 1 aliphatic heterocycles. The lowest BCUT2D eigenvalue weighted by atomic mass is 10.1. The predicted molar refractivity (Wildman–Crippen MR) is 131 cm³/mol. The fourth-order valence-corrected chi connectivity index (χ4v) is 4.00. The summed E-state index contributed by atoms with van der Waals surface area (Å²) in [6.07, 6.45) is 0.309. The van der Waals surface area contributed by atoms with E-state index in [1.54, 1.807) is 6.07 Å². The van der Waals surface area contributed by atoms with E-state index in [0.717, 1.165) is 17.1 Å². The number of benzene rings is 2. The van der Waals surface area contributed by atoms with Gasteiger partial charge in [0.1, 0.15) is 5.82 Å². The Morgan fingerprint density at radius 1 is 0.882 bits per heavy atom. The highest BCUT2D eigenvalue weighted by Crippen LogP contribution is 2.29. The van der Waals surface area contributed by atoms with E-state index in [4.69, 9.17) is 9.47 Å². The van der Waals surface area contributed by atoms with Crippen molar-refractivity contribution in [2.24, 2.45) is 0 Å². The first kappa shape index (κ1) is 23.4. The van der Waals surface area contributed by atoms with Crippen molar-refractivity contribution < 1.29 is 14.3 Å². The van der Waals surface area contributed by atoms with Gasteiger partial charge < -0.3 is 19.3 Å². The number of hydrogen-bond acceptors (Lipinski definition) is 6. The van der Waals surface area contributed by atoms with Crippen LogP contribution in [0.5, 0.6) is 11.5 Å². The van der Waals surface area contributed by atoms with E-state index in [-0.39, 0.29) is 11.5 Å². The molecular weight excluding hydrogens is 432 g/mol. The standard InChI is InChI=1S/C26H30N4O4/c1-3-33-22-11-10-20(18-23(22)34-4-2)19-26(32)29-16-14-28(15-17-29)24-12-13-25(31)30(27-24)21-8-6-5-7-9-21/h5-13,18H,3-4,14-17,19H2,1-2H3. The van der Waals surface area contributed by atoms with Crippen molar-refractivity contribution in [1.82, 2.24) is 14.7 Å². The quantitative estimate of drug-likeness (QED) is 0.512. The first-order valence-corrected chi connectivity index (χ1v) is 11.7. The molecule has 1 fully saturated rings.